The first-order valence-electron chi connectivity index (χ1n) is 9.41. The van der Waals surface area contributed by atoms with Gasteiger partial charge < -0.3 is 9.47 Å². The number of esters is 1. The maximum Gasteiger partial charge on any atom is 0.358 e. The Morgan fingerprint density at radius 1 is 1.16 bits per heavy atom. The van der Waals surface area contributed by atoms with E-state index in [1.54, 1.807) is 23.9 Å². The fourth-order valence-corrected chi connectivity index (χ4v) is 4.10. The van der Waals surface area contributed by atoms with Crippen molar-refractivity contribution in [3.05, 3.63) is 75.6 Å². The summed E-state index contributed by atoms with van der Waals surface area (Å²) in [5, 5.41) is 7.23. The molecule has 0 saturated carbocycles. The van der Waals surface area contributed by atoms with E-state index in [1.165, 1.54) is 11.3 Å². The van der Waals surface area contributed by atoms with Crippen LogP contribution in [0, 0.1) is 13.8 Å². The predicted octanol–water partition coefficient (Wildman–Crippen LogP) is 5.03. The van der Waals surface area contributed by atoms with Crippen LogP contribution in [0.3, 0.4) is 0 Å². The molecule has 7 nitrogen and oxygen atoms in total. The smallest absolute Gasteiger partial charge is 0.358 e. The third-order valence-electron chi connectivity index (χ3n) is 4.49. The highest BCUT2D eigenvalue weighted by Crippen LogP contribution is 2.32. The van der Waals surface area contributed by atoms with E-state index in [4.69, 9.17) is 21.1 Å². The average molecular weight is 455 g/mol. The number of para-hydroxylation sites is 1. The average Bonchev–Trinajstić information content (AvgIpc) is 3.38. The van der Waals surface area contributed by atoms with Gasteiger partial charge in [0.1, 0.15) is 17.4 Å². The Morgan fingerprint density at radius 2 is 1.97 bits per heavy atom. The summed E-state index contributed by atoms with van der Waals surface area (Å²) in [4.78, 5) is 21.6. The number of ether oxygens (including phenoxy) is 2. The maximum atomic E-state index is 12.6. The summed E-state index contributed by atoms with van der Waals surface area (Å²) in [6, 6.07) is 12.9. The topological polar surface area (TPSA) is 79.1 Å². The van der Waals surface area contributed by atoms with Crippen LogP contribution in [0.1, 0.15) is 27.6 Å². The Balaban J connectivity index is 1.50. The quantitative estimate of drug-likeness (QED) is 0.380. The van der Waals surface area contributed by atoms with Crippen molar-refractivity contribution in [3.63, 3.8) is 0 Å². The van der Waals surface area contributed by atoms with Crippen LogP contribution in [-0.4, -0.2) is 32.8 Å². The Morgan fingerprint density at radius 3 is 2.71 bits per heavy atom. The van der Waals surface area contributed by atoms with Crippen molar-refractivity contribution in [1.29, 1.82) is 0 Å². The number of aryl methyl sites for hydroxylation is 2. The lowest BCUT2D eigenvalue weighted by molar-refractivity contribution is 0.0461. The molecule has 31 heavy (non-hydrogen) atoms. The minimum Gasteiger partial charge on any atom is -0.496 e. The van der Waals surface area contributed by atoms with Crippen molar-refractivity contribution >= 4 is 28.9 Å². The number of hydrogen-bond donors (Lipinski definition) is 0. The SMILES string of the molecule is COc1ccccc1-c1nc(COC(=O)c2nc(-n3nc(C)cc3C)ccc2Cl)cs1. The molecule has 9 heteroatoms. The monoisotopic (exact) mass is 454 g/mol. The molecule has 0 atom stereocenters. The highest BCUT2D eigenvalue weighted by atomic mass is 35.5. The Kier molecular flexibility index (Phi) is 6.01. The third-order valence-corrected chi connectivity index (χ3v) is 5.72. The zero-order valence-corrected chi connectivity index (χ0v) is 18.7. The van der Waals surface area contributed by atoms with Crippen molar-refractivity contribution in [3.8, 4) is 22.1 Å². The van der Waals surface area contributed by atoms with E-state index in [1.807, 2.05) is 49.6 Å². The molecular weight excluding hydrogens is 436 g/mol. The highest BCUT2D eigenvalue weighted by Gasteiger charge is 2.18. The van der Waals surface area contributed by atoms with Gasteiger partial charge >= 0.3 is 5.97 Å². The van der Waals surface area contributed by atoms with Gasteiger partial charge in [-0.25, -0.2) is 19.4 Å². The van der Waals surface area contributed by atoms with Gasteiger partial charge in [-0.2, -0.15) is 5.10 Å². The molecule has 1 aromatic carbocycles. The predicted molar refractivity (Wildman–Crippen MR) is 119 cm³/mol. The van der Waals surface area contributed by atoms with E-state index in [0.29, 0.717) is 11.5 Å². The van der Waals surface area contributed by atoms with E-state index >= 15 is 0 Å². The number of carbonyl (C=O) groups excluding carboxylic acids is 1. The van der Waals surface area contributed by atoms with E-state index in [-0.39, 0.29) is 17.3 Å². The lowest BCUT2D eigenvalue weighted by Crippen LogP contribution is -2.11. The molecule has 0 saturated heterocycles. The highest BCUT2D eigenvalue weighted by molar-refractivity contribution is 7.13. The first kappa shape index (κ1) is 21.0. The van der Waals surface area contributed by atoms with Crippen LogP contribution in [-0.2, 0) is 11.3 Å². The third kappa shape index (κ3) is 4.45. The van der Waals surface area contributed by atoms with Gasteiger partial charge in [-0.1, -0.05) is 23.7 Å². The molecule has 0 radical (unpaired) electrons. The van der Waals surface area contributed by atoms with Crippen LogP contribution in [0.15, 0.2) is 47.8 Å². The van der Waals surface area contributed by atoms with Crippen molar-refractivity contribution in [2.24, 2.45) is 0 Å². The molecule has 0 aliphatic heterocycles. The number of aromatic nitrogens is 4. The number of methoxy groups -OCH3 is 1. The summed E-state index contributed by atoms with van der Waals surface area (Å²) in [7, 11) is 1.62. The summed E-state index contributed by atoms with van der Waals surface area (Å²) >= 11 is 7.65. The fraction of sp³-hybridized carbons (Fsp3) is 0.182. The van der Waals surface area contributed by atoms with Crippen LogP contribution in [0.4, 0.5) is 0 Å². The van der Waals surface area contributed by atoms with Gasteiger partial charge in [0.15, 0.2) is 11.5 Å². The van der Waals surface area contributed by atoms with E-state index in [0.717, 1.165) is 27.7 Å². The lowest BCUT2D eigenvalue weighted by Gasteiger charge is -2.08. The number of nitrogens with zero attached hydrogens (tertiary/aromatic N) is 4. The van der Waals surface area contributed by atoms with E-state index < -0.39 is 5.97 Å². The number of halogens is 1. The number of pyridine rings is 1. The number of hydrogen-bond acceptors (Lipinski definition) is 7. The van der Waals surface area contributed by atoms with Gasteiger partial charge in [0.25, 0.3) is 0 Å². The molecule has 0 amide bonds. The minimum atomic E-state index is -0.625. The molecule has 0 aliphatic carbocycles. The van der Waals surface area contributed by atoms with Gasteiger partial charge in [0.05, 0.1) is 29.1 Å². The molecule has 0 unspecified atom stereocenters. The zero-order valence-electron chi connectivity index (χ0n) is 17.1. The standard InChI is InChI=1S/C22H19ClN4O3S/c1-13-10-14(2)27(26-13)19-9-8-17(23)20(25-19)22(28)30-11-15-12-31-21(24-15)16-6-4-5-7-18(16)29-3/h4-10,12H,11H2,1-3H3. The normalized spacial score (nSPS) is 10.8. The number of thiazole rings is 1. The molecule has 0 aliphatic rings. The van der Waals surface area contributed by atoms with Crippen LogP contribution in [0.25, 0.3) is 16.4 Å². The second-order valence-electron chi connectivity index (χ2n) is 6.76. The number of benzene rings is 1. The largest absolute Gasteiger partial charge is 0.496 e. The van der Waals surface area contributed by atoms with Gasteiger partial charge in [-0.3, -0.25) is 0 Å². The first-order valence-corrected chi connectivity index (χ1v) is 10.7. The summed E-state index contributed by atoms with van der Waals surface area (Å²) in [5.74, 6) is 0.603. The molecule has 0 spiro atoms. The molecule has 3 aromatic heterocycles. The molecule has 158 valence electrons. The maximum absolute atomic E-state index is 12.6. The second-order valence-corrected chi connectivity index (χ2v) is 8.02. The summed E-state index contributed by atoms with van der Waals surface area (Å²) < 4.78 is 12.5. The molecule has 0 bridgehead atoms. The molecule has 0 fully saturated rings. The molecular formula is C22H19ClN4O3S. The van der Waals surface area contributed by atoms with Crippen LogP contribution >= 0.6 is 22.9 Å². The van der Waals surface area contributed by atoms with Crippen molar-refractivity contribution in [1.82, 2.24) is 19.7 Å². The fourth-order valence-electron chi connectivity index (χ4n) is 3.08. The van der Waals surface area contributed by atoms with Crippen LogP contribution < -0.4 is 4.74 Å². The van der Waals surface area contributed by atoms with Gasteiger partial charge in [-0.05, 0) is 44.2 Å². The van der Waals surface area contributed by atoms with Gasteiger partial charge in [-0.15, -0.1) is 11.3 Å². The Bertz CT molecular complexity index is 1250. The number of carbonyl (C=O) groups is 1. The Hall–Kier alpha value is -3.23. The molecule has 3 heterocycles. The molecule has 4 rings (SSSR count). The second kappa shape index (κ2) is 8.87. The lowest BCUT2D eigenvalue weighted by atomic mass is 10.2. The summed E-state index contributed by atoms with van der Waals surface area (Å²) in [5.41, 5.74) is 3.30. The van der Waals surface area contributed by atoms with Crippen LogP contribution in [0.5, 0.6) is 5.75 Å². The molecule has 4 aromatic rings. The van der Waals surface area contributed by atoms with Gasteiger partial charge in [0, 0.05) is 11.1 Å². The van der Waals surface area contributed by atoms with Gasteiger partial charge in [0.2, 0.25) is 0 Å². The van der Waals surface area contributed by atoms with Crippen molar-refractivity contribution in [2.45, 2.75) is 20.5 Å². The van der Waals surface area contributed by atoms with Crippen LogP contribution in [0.2, 0.25) is 5.02 Å². The van der Waals surface area contributed by atoms with Crippen molar-refractivity contribution in [2.75, 3.05) is 7.11 Å². The van der Waals surface area contributed by atoms with E-state index in [2.05, 4.69) is 15.1 Å². The minimum absolute atomic E-state index is 0.00657. The Labute approximate surface area is 188 Å². The van der Waals surface area contributed by atoms with Crippen molar-refractivity contribution < 1.29 is 14.3 Å². The molecule has 0 N–H and O–H groups in total. The summed E-state index contributed by atoms with van der Waals surface area (Å²) in [6.45, 7) is 3.81. The zero-order chi connectivity index (χ0) is 22.0. The number of rotatable bonds is 6. The summed E-state index contributed by atoms with van der Waals surface area (Å²) in [6.07, 6.45) is 0. The first-order chi connectivity index (χ1) is 15.0. The van der Waals surface area contributed by atoms with E-state index in [9.17, 15) is 4.79 Å².